The van der Waals surface area contributed by atoms with E-state index in [0.717, 1.165) is 21.1 Å². The second-order valence-corrected chi connectivity index (χ2v) is 7.22. The third kappa shape index (κ3) is 1.98. The topological polar surface area (TPSA) is 52.8 Å². The number of rotatable bonds is 1. The molecule has 24 heavy (non-hydrogen) atoms. The van der Waals surface area contributed by atoms with Gasteiger partial charge in [-0.3, -0.25) is 4.79 Å². The second-order valence-electron chi connectivity index (χ2n) is 5.36. The van der Waals surface area contributed by atoms with E-state index in [4.69, 9.17) is 9.47 Å². The molecule has 2 aromatic heterocycles. The van der Waals surface area contributed by atoms with Gasteiger partial charge in [-0.25, -0.2) is 9.38 Å². The molecule has 5 nitrogen and oxygen atoms in total. The molecule has 3 heterocycles. The van der Waals surface area contributed by atoms with Gasteiger partial charge in [0.05, 0.1) is 15.6 Å². The van der Waals surface area contributed by atoms with E-state index in [1.54, 1.807) is 4.40 Å². The molecule has 0 amide bonds. The molecule has 0 atom stereocenters. The van der Waals surface area contributed by atoms with Gasteiger partial charge in [0, 0.05) is 4.47 Å². The number of hydrogen-bond acceptors (Lipinski definition) is 5. The van der Waals surface area contributed by atoms with Gasteiger partial charge in [-0.05, 0) is 35.9 Å². The molecule has 0 saturated heterocycles. The van der Waals surface area contributed by atoms with E-state index in [0.29, 0.717) is 21.0 Å². The number of para-hydroxylation sites is 2. The van der Waals surface area contributed by atoms with Crippen LogP contribution in [-0.2, 0) is 0 Å². The minimum absolute atomic E-state index is 0.0618. The molecule has 0 saturated carbocycles. The van der Waals surface area contributed by atoms with Crippen LogP contribution in [0.1, 0.15) is 5.56 Å². The highest BCUT2D eigenvalue weighted by Gasteiger charge is 2.16. The van der Waals surface area contributed by atoms with Crippen molar-refractivity contribution in [3.63, 3.8) is 0 Å². The van der Waals surface area contributed by atoms with Gasteiger partial charge < -0.3 is 9.47 Å². The molecule has 2 aromatic carbocycles. The monoisotopic (exact) mass is 400 g/mol. The van der Waals surface area contributed by atoms with Crippen LogP contribution >= 0.6 is 27.3 Å². The summed E-state index contributed by atoms with van der Waals surface area (Å²) in [5.74, 6) is 1.39. The average molecular weight is 401 g/mol. The molecular formula is C17H9BrN2O3S. The highest BCUT2D eigenvalue weighted by molar-refractivity contribution is 9.10. The molecule has 4 aromatic rings. The van der Waals surface area contributed by atoms with Gasteiger partial charge in [-0.15, -0.1) is 0 Å². The number of thiazole rings is 1. The van der Waals surface area contributed by atoms with E-state index in [1.165, 1.54) is 11.3 Å². The number of ether oxygens (including phenoxy) is 2. The van der Waals surface area contributed by atoms with Crippen molar-refractivity contribution in [2.75, 3.05) is 6.79 Å². The molecular weight excluding hydrogens is 392 g/mol. The summed E-state index contributed by atoms with van der Waals surface area (Å²) in [6, 6.07) is 11.4. The molecule has 0 N–H and O–H groups in total. The number of aromatic nitrogens is 2. The first-order chi connectivity index (χ1) is 11.7. The Labute approximate surface area is 147 Å². The van der Waals surface area contributed by atoms with E-state index in [-0.39, 0.29) is 12.4 Å². The normalized spacial score (nSPS) is 14.1. The predicted octanol–water partition coefficient (Wildman–Crippen LogP) is 2.95. The van der Waals surface area contributed by atoms with Crippen molar-refractivity contribution in [1.29, 1.82) is 0 Å². The minimum atomic E-state index is -0.0618. The Kier molecular flexibility index (Phi) is 2.95. The van der Waals surface area contributed by atoms with Crippen LogP contribution in [0.3, 0.4) is 0 Å². The molecule has 0 aliphatic carbocycles. The summed E-state index contributed by atoms with van der Waals surface area (Å²) in [6.07, 6.45) is 1.85. The van der Waals surface area contributed by atoms with E-state index >= 15 is 0 Å². The molecule has 1 aliphatic heterocycles. The van der Waals surface area contributed by atoms with Gasteiger partial charge >= 0.3 is 0 Å². The maximum atomic E-state index is 12.8. The number of benzene rings is 2. The number of nitrogens with zero attached hydrogens (tertiary/aromatic N) is 2. The fourth-order valence-electron chi connectivity index (χ4n) is 2.80. The standard InChI is InChI=1S/C17H9BrN2O3S/c18-10-7-14-13(22-8-23-14)5-9(10)6-15-16(21)20-12-4-2-1-3-11(12)19-17(20)24-15/h1-7H,8H2. The van der Waals surface area contributed by atoms with Crippen LogP contribution in [0.5, 0.6) is 11.5 Å². The van der Waals surface area contributed by atoms with Crippen molar-refractivity contribution < 1.29 is 9.47 Å². The second kappa shape index (κ2) is 5.06. The molecule has 5 rings (SSSR count). The van der Waals surface area contributed by atoms with Gasteiger partial charge in [0.25, 0.3) is 5.56 Å². The Balaban J connectivity index is 1.76. The third-order valence-electron chi connectivity index (χ3n) is 3.92. The summed E-state index contributed by atoms with van der Waals surface area (Å²) in [5.41, 5.74) is 2.47. The number of imidazole rings is 1. The van der Waals surface area contributed by atoms with Crippen molar-refractivity contribution in [3.8, 4) is 11.5 Å². The minimum Gasteiger partial charge on any atom is -0.454 e. The summed E-state index contributed by atoms with van der Waals surface area (Å²) in [6.45, 7) is 0.219. The van der Waals surface area contributed by atoms with E-state index in [1.807, 2.05) is 42.5 Å². The van der Waals surface area contributed by atoms with Gasteiger partial charge in [-0.1, -0.05) is 39.4 Å². The molecule has 1 aliphatic rings. The Bertz CT molecular complexity index is 1230. The van der Waals surface area contributed by atoms with E-state index in [2.05, 4.69) is 20.9 Å². The van der Waals surface area contributed by atoms with Crippen LogP contribution in [-0.4, -0.2) is 16.2 Å². The first-order valence-corrected chi connectivity index (χ1v) is 8.82. The lowest BCUT2D eigenvalue weighted by atomic mass is 10.2. The Morgan fingerprint density at radius 2 is 2.00 bits per heavy atom. The highest BCUT2D eigenvalue weighted by atomic mass is 79.9. The molecule has 0 spiro atoms. The van der Waals surface area contributed by atoms with E-state index < -0.39 is 0 Å². The Morgan fingerprint density at radius 3 is 2.88 bits per heavy atom. The molecule has 0 unspecified atom stereocenters. The summed E-state index contributed by atoms with van der Waals surface area (Å²) in [4.78, 5) is 18.0. The van der Waals surface area contributed by atoms with Crippen LogP contribution in [0, 0.1) is 0 Å². The quantitative estimate of drug-likeness (QED) is 0.492. The zero-order valence-corrected chi connectivity index (χ0v) is 14.6. The summed E-state index contributed by atoms with van der Waals surface area (Å²) < 4.78 is 13.9. The summed E-state index contributed by atoms with van der Waals surface area (Å²) in [7, 11) is 0. The lowest BCUT2D eigenvalue weighted by Crippen LogP contribution is -2.22. The SMILES string of the molecule is O=c1c(=Cc2cc3c(cc2Br)OCO3)sc2nc3ccccc3n12. The third-order valence-corrected chi connectivity index (χ3v) is 5.58. The largest absolute Gasteiger partial charge is 0.454 e. The lowest BCUT2D eigenvalue weighted by Gasteiger charge is -2.00. The van der Waals surface area contributed by atoms with Crippen LogP contribution in [0.2, 0.25) is 0 Å². The van der Waals surface area contributed by atoms with Crippen molar-refractivity contribution >= 4 is 49.3 Å². The smallest absolute Gasteiger partial charge is 0.274 e. The molecule has 118 valence electrons. The number of fused-ring (bicyclic) bond motifs is 4. The molecule has 0 fully saturated rings. The molecule has 0 radical (unpaired) electrons. The maximum Gasteiger partial charge on any atom is 0.274 e. The van der Waals surface area contributed by atoms with Crippen LogP contribution in [0.4, 0.5) is 0 Å². The zero-order chi connectivity index (χ0) is 16.3. The summed E-state index contributed by atoms with van der Waals surface area (Å²) >= 11 is 4.90. The Hall–Kier alpha value is -2.38. The van der Waals surface area contributed by atoms with Crippen LogP contribution < -0.4 is 19.6 Å². The maximum absolute atomic E-state index is 12.8. The van der Waals surface area contributed by atoms with Gasteiger partial charge in [-0.2, -0.15) is 0 Å². The number of hydrogen-bond donors (Lipinski definition) is 0. The van der Waals surface area contributed by atoms with Crippen molar-refractivity contribution in [2.24, 2.45) is 0 Å². The van der Waals surface area contributed by atoms with Crippen molar-refractivity contribution in [1.82, 2.24) is 9.38 Å². The number of halogens is 1. The summed E-state index contributed by atoms with van der Waals surface area (Å²) in [5, 5.41) is 0. The first-order valence-electron chi connectivity index (χ1n) is 7.21. The van der Waals surface area contributed by atoms with Gasteiger partial charge in [0.2, 0.25) is 6.79 Å². The fourth-order valence-corrected chi connectivity index (χ4v) is 4.21. The average Bonchev–Trinajstić information content (AvgIpc) is 3.23. The van der Waals surface area contributed by atoms with Crippen LogP contribution in [0.15, 0.2) is 45.7 Å². The highest BCUT2D eigenvalue weighted by Crippen LogP contribution is 2.37. The van der Waals surface area contributed by atoms with Crippen molar-refractivity contribution in [3.05, 3.63) is 61.3 Å². The lowest BCUT2D eigenvalue weighted by molar-refractivity contribution is 0.174. The predicted molar refractivity (Wildman–Crippen MR) is 95.9 cm³/mol. The first kappa shape index (κ1) is 14.0. The molecule has 0 bridgehead atoms. The van der Waals surface area contributed by atoms with E-state index in [9.17, 15) is 4.79 Å². The molecule has 7 heteroatoms. The van der Waals surface area contributed by atoms with Gasteiger partial charge in [0.15, 0.2) is 16.5 Å². The fraction of sp³-hybridized carbons (Fsp3) is 0.0588. The van der Waals surface area contributed by atoms with Crippen molar-refractivity contribution in [2.45, 2.75) is 0 Å². The van der Waals surface area contributed by atoms with Crippen LogP contribution in [0.25, 0.3) is 22.1 Å². The zero-order valence-electron chi connectivity index (χ0n) is 12.2. The Morgan fingerprint density at radius 1 is 1.21 bits per heavy atom. The van der Waals surface area contributed by atoms with Gasteiger partial charge in [0.1, 0.15) is 0 Å².